The van der Waals surface area contributed by atoms with Crippen LogP contribution in [0.4, 0.5) is 0 Å². The van der Waals surface area contributed by atoms with Crippen molar-refractivity contribution in [3.05, 3.63) is 0 Å². The summed E-state index contributed by atoms with van der Waals surface area (Å²) in [7, 11) is 0. The van der Waals surface area contributed by atoms with Crippen LogP contribution in [0.25, 0.3) is 0 Å². The number of rotatable bonds is 3. The lowest BCUT2D eigenvalue weighted by atomic mass is 10.2. The van der Waals surface area contributed by atoms with Crippen LogP contribution in [0.15, 0.2) is 9.98 Å². The van der Waals surface area contributed by atoms with E-state index in [4.69, 9.17) is 11.6 Å². The van der Waals surface area contributed by atoms with E-state index in [1.165, 1.54) is 16.8 Å². The van der Waals surface area contributed by atoms with Crippen LogP contribution in [0, 0.1) is 5.92 Å². The number of hydrogen-bond donors (Lipinski definition) is 2. The highest BCUT2D eigenvalue weighted by Gasteiger charge is 2.35. The first kappa shape index (κ1) is 12.5. The van der Waals surface area contributed by atoms with Crippen molar-refractivity contribution in [1.82, 2.24) is 5.01 Å². The molecule has 86 valence electrons. The van der Waals surface area contributed by atoms with Crippen LogP contribution < -0.4 is 11.6 Å². The summed E-state index contributed by atoms with van der Waals surface area (Å²) in [6.07, 6.45) is 2.64. The Bertz CT molecular complexity index is 299. The number of nitrogens with two attached hydrogens (primary N) is 2. The second kappa shape index (κ2) is 4.51. The average molecular weight is 229 g/mol. The molecule has 0 aromatic carbocycles. The van der Waals surface area contributed by atoms with Crippen molar-refractivity contribution in [3.63, 3.8) is 0 Å². The first-order chi connectivity index (χ1) is 6.94. The van der Waals surface area contributed by atoms with Gasteiger partial charge in [-0.3, -0.25) is 5.73 Å². The van der Waals surface area contributed by atoms with Gasteiger partial charge in [0, 0.05) is 12.3 Å². The standard InChI is InChI=1S/C9H19N5S/c1-5-7-12-8(6(2)3)13-9(10,15-4)14(7)11/h6H,5,10-11H2,1-4H3. The van der Waals surface area contributed by atoms with Crippen LogP contribution in [-0.4, -0.2) is 28.1 Å². The Morgan fingerprint density at radius 3 is 2.53 bits per heavy atom. The van der Waals surface area contributed by atoms with E-state index in [-0.39, 0.29) is 5.92 Å². The summed E-state index contributed by atoms with van der Waals surface area (Å²) in [4.78, 5) is 8.78. The smallest absolute Gasteiger partial charge is 0.250 e. The fourth-order valence-electron chi connectivity index (χ4n) is 1.27. The molecule has 0 aromatic rings. The molecule has 1 aliphatic rings. The lowest BCUT2D eigenvalue weighted by molar-refractivity contribution is 0.288. The highest BCUT2D eigenvalue weighted by atomic mass is 32.2. The molecule has 1 aliphatic heterocycles. The monoisotopic (exact) mass is 229 g/mol. The minimum Gasteiger partial charge on any atom is -0.279 e. The highest BCUT2D eigenvalue weighted by molar-refractivity contribution is 7.99. The van der Waals surface area contributed by atoms with Crippen molar-refractivity contribution in [3.8, 4) is 0 Å². The van der Waals surface area contributed by atoms with Crippen LogP contribution in [0.5, 0.6) is 0 Å². The van der Waals surface area contributed by atoms with Gasteiger partial charge in [-0.15, -0.1) is 0 Å². The molecule has 0 spiro atoms. The molecule has 0 saturated heterocycles. The molecule has 1 unspecified atom stereocenters. The van der Waals surface area contributed by atoms with Crippen LogP contribution >= 0.6 is 11.8 Å². The highest BCUT2D eigenvalue weighted by Crippen LogP contribution is 2.26. The molecule has 0 saturated carbocycles. The first-order valence-electron chi connectivity index (χ1n) is 5.00. The molecule has 0 fully saturated rings. The fourth-order valence-corrected chi connectivity index (χ4v) is 1.75. The van der Waals surface area contributed by atoms with E-state index >= 15 is 0 Å². The topological polar surface area (TPSA) is 80.0 Å². The van der Waals surface area contributed by atoms with E-state index in [1.54, 1.807) is 0 Å². The van der Waals surface area contributed by atoms with Gasteiger partial charge in [-0.05, 0) is 6.26 Å². The van der Waals surface area contributed by atoms with Gasteiger partial charge in [0.2, 0.25) is 0 Å². The Hall–Kier alpha value is -0.590. The fraction of sp³-hybridized carbons (Fsp3) is 0.778. The quantitative estimate of drug-likeness (QED) is 0.558. The van der Waals surface area contributed by atoms with Crippen LogP contribution in [0.2, 0.25) is 0 Å². The van der Waals surface area contributed by atoms with Crippen molar-refractivity contribution in [1.29, 1.82) is 0 Å². The molecular weight excluding hydrogens is 210 g/mol. The number of thioether (sulfide) groups is 1. The molecule has 0 amide bonds. The zero-order chi connectivity index (χ0) is 11.6. The molecule has 1 rings (SSSR count). The molecule has 1 heterocycles. The van der Waals surface area contributed by atoms with E-state index in [0.717, 1.165) is 18.1 Å². The molecule has 0 aromatic heterocycles. The molecular formula is C9H19N5S. The molecule has 6 heteroatoms. The Morgan fingerprint density at radius 2 is 2.13 bits per heavy atom. The minimum atomic E-state index is -0.910. The largest absolute Gasteiger partial charge is 0.279 e. The van der Waals surface area contributed by atoms with Gasteiger partial charge in [0.15, 0.2) is 0 Å². The number of hydrogen-bond acceptors (Lipinski definition) is 6. The average Bonchev–Trinajstić information content (AvgIpc) is 2.21. The lowest BCUT2D eigenvalue weighted by Crippen LogP contribution is -2.60. The Balaban J connectivity index is 3.11. The van der Waals surface area contributed by atoms with Crippen LogP contribution in [0.1, 0.15) is 27.2 Å². The van der Waals surface area contributed by atoms with E-state index in [9.17, 15) is 0 Å². The third-order valence-corrected chi connectivity index (χ3v) is 3.16. The maximum absolute atomic E-state index is 6.09. The summed E-state index contributed by atoms with van der Waals surface area (Å²) in [5.74, 6) is 7.70. The second-order valence-corrected chi connectivity index (χ2v) is 4.75. The molecule has 5 nitrogen and oxygen atoms in total. The number of nitrogens with zero attached hydrogens (tertiary/aromatic N) is 3. The van der Waals surface area contributed by atoms with Gasteiger partial charge < -0.3 is 0 Å². The lowest BCUT2D eigenvalue weighted by Gasteiger charge is -2.38. The van der Waals surface area contributed by atoms with Gasteiger partial charge in [0.05, 0.1) is 0 Å². The third-order valence-electron chi connectivity index (χ3n) is 2.27. The van der Waals surface area contributed by atoms with Crippen molar-refractivity contribution in [2.45, 2.75) is 32.3 Å². The number of hydrazine groups is 1. The predicted octanol–water partition coefficient (Wildman–Crippen LogP) is 0.972. The minimum absolute atomic E-state index is 0.260. The van der Waals surface area contributed by atoms with Crippen molar-refractivity contribution < 1.29 is 0 Å². The Morgan fingerprint density at radius 1 is 1.53 bits per heavy atom. The summed E-state index contributed by atoms with van der Waals surface area (Å²) < 4.78 is 0. The predicted molar refractivity (Wildman–Crippen MR) is 66.5 cm³/mol. The van der Waals surface area contributed by atoms with Crippen LogP contribution in [-0.2, 0) is 0 Å². The van der Waals surface area contributed by atoms with Gasteiger partial charge >= 0.3 is 0 Å². The SMILES string of the molecule is CCC1=NC(C(C)C)=NC(N)(SC)N1N. The van der Waals surface area contributed by atoms with E-state index in [1.807, 2.05) is 27.0 Å². The summed E-state index contributed by atoms with van der Waals surface area (Å²) in [6, 6.07) is 0. The number of amidine groups is 2. The zero-order valence-electron chi connectivity index (χ0n) is 9.69. The molecule has 1 atom stereocenters. The Kier molecular flexibility index (Phi) is 3.75. The maximum atomic E-state index is 6.09. The van der Waals surface area contributed by atoms with Crippen LogP contribution in [0.3, 0.4) is 0 Å². The van der Waals surface area contributed by atoms with E-state index in [2.05, 4.69) is 9.98 Å². The van der Waals surface area contributed by atoms with Gasteiger partial charge in [-0.1, -0.05) is 32.5 Å². The van der Waals surface area contributed by atoms with Gasteiger partial charge in [-0.25, -0.2) is 20.8 Å². The summed E-state index contributed by atoms with van der Waals surface area (Å²) in [5, 5.41) is 0.538. The Labute approximate surface area is 95.0 Å². The van der Waals surface area contributed by atoms with E-state index in [0.29, 0.717) is 0 Å². The van der Waals surface area contributed by atoms with Crippen molar-refractivity contribution in [2.24, 2.45) is 27.5 Å². The molecule has 0 bridgehead atoms. The van der Waals surface area contributed by atoms with Crippen molar-refractivity contribution in [2.75, 3.05) is 6.26 Å². The molecule has 15 heavy (non-hydrogen) atoms. The maximum Gasteiger partial charge on any atom is 0.250 e. The summed E-state index contributed by atoms with van der Waals surface area (Å²) in [5.41, 5.74) is 6.09. The molecule has 4 N–H and O–H groups in total. The number of aliphatic imine (C=N–C) groups is 2. The summed E-state index contributed by atoms with van der Waals surface area (Å²) in [6.45, 7) is 6.09. The van der Waals surface area contributed by atoms with Gasteiger partial charge in [0.25, 0.3) is 5.12 Å². The van der Waals surface area contributed by atoms with Gasteiger partial charge in [0.1, 0.15) is 11.7 Å². The van der Waals surface area contributed by atoms with E-state index < -0.39 is 5.12 Å². The zero-order valence-corrected chi connectivity index (χ0v) is 10.5. The van der Waals surface area contributed by atoms with Crippen molar-refractivity contribution >= 4 is 23.4 Å². The normalized spacial score (nSPS) is 26.7. The van der Waals surface area contributed by atoms with Gasteiger partial charge in [-0.2, -0.15) is 0 Å². The second-order valence-electron chi connectivity index (χ2n) is 3.74. The summed E-state index contributed by atoms with van der Waals surface area (Å²) >= 11 is 1.41. The molecule has 0 aliphatic carbocycles. The molecule has 0 radical (unpaired) electrons. The first-order valence-corrected chi connectivity index (χ1v) is 6.23. The third kappa shape index (κ3) is 2.32.